The van der Waals surface area contributed by atoms with Crippen LogP contribution in [-0.2, 0) is 37.9 Å². The normalized spacial score (nSPS) is 34.9. The van der Waals surface area contributed by atoms with Gasteiger partial charge in [0.2, 0.25) is 0 Å². The molecule has 2 heterocycles. The molecule has 2 aliphatic rings. The largest absolute Gasteiger partial charge is 0.394 e. The monoisotopic (exact) mass is 620 g/mol. The molecule has 0 aromatic carbocycles. The van der Waals surface area contributed by atoms with Gasteiger partial charge < -0.3 is 83.2 Å². The van der Waals surface area contributed by atoms with E-state index in [0.29, 0.717) is 11.0 Å². The van der Waals surface area contributed by atoms with Crippen molar-refractivity contribution in [2.24, 2.45) is 0 Å². The SMILES string of the molecule is C[N+](C)(C)C[C@H](O)COCCO[C@@H]1[C@@H](O)[C@H](O[C@@H]2O[C@H](CO)[C@@H](OCCO)[C@H](OCCO)[C@H]2O)[C@@H](COCO)O[C@H]1O. The lowest BCUT2D eigenvalue weighted by molar-refractivity contribution is -0.873. The van der Waals surface area contributed by atoms with Crippen molar-refractivity contribution in [3.05, 3.63) is 0 Å². The molecule has 0 aromatic rings. The molecule has 2 saturated heterocycles. The second-order valence-corrected chi connectivity index (χ2v) is 11.0. The molecule has 0 bridgehead atoms. The molecule has 0 aliphatic carbocycles. The summed E-state index contributed by atoms with van der Waals surface area (Å²) in [6.45, 7) is -2.18. The zero-order valence-corrected chi connectivity index (χ0v) is 24.4. The molecule has 0 unspecified atom stereocenters. The van der Waals surface area contributed by atoms with Gasteiger partial charge in [0.15, 0.2) is 12.6 Å². The van der Waals surface area contributed by atoms with Gasteiger partial charge in [-0.2, -0.15) is 0 Å². The molecule has 2 rings (SSSR count). The molecular weight excluding hydrogens is 570 g/mol. The van der Waals surface area contributed by atoms with E-state index in [1.54, 1.807) is 0 Å². The fourth-order valence-corrected chi connectivity index (χ4v) is 4.79. The van der Waals surface area contributed by atoms with E-state index in [4.69, 9.17) is 48.1 Å². The Bertz CT molecular complexity index is 716. The lowest BCUT2D eigenvalue weighted by Crippen LogP contribution is -2.65. The smallest absolute Gasteiger partial charge is 0.187 e. The second-order valence-electron chi connectivity index (χ2n) is 11.0. The molecule has 0 radical (unpaired) electrons. The van der Waals surface area contributed by atoms with Crippen molar-refractivity contribution in [1.82, 2.24) is 0 Å². The summed E-state index contributed by atoms with van der Waals surface area (Å²) in [4.78, 5) is 0. The Kier molecular flexibility index (Phi) is 16.9. The number of likely N-dealkylation sites (N-methyl/N-ethyl adjacent to an activating group) is 1. The third-order valence-electron chi connectivity index (χ3n) is 6.50. The van der Waals surface area contributed by atoms with Crippen LogP contribution in [0.2, 0.25) is 0 Å². The molecule has 0 saturated carbocycles. The number of hydrogen-bond donors (Lipinski definition) is 8. The van der Waals surface area contributed by atoms with Crippen LogP contribution in [0.25, 0.3) is 0 Å². The van der Waals surface area contributed by atoms with Gasteiger partial charge in [-0.25, -0.2) is 0 Å². The molecule has 2 aliphatic heterocycles. The summed E-state index contributed by atoms with van der Waals surface area (Å²) in [7, 11) is 5.80. The lowest BCUT2D eigenvalue weighted by atomic mass is 9.96. The third kappa shape index (κ3) is 11.7. The van der Waals surface area contributed by atoms with E-state index in [9.17, 15) is 30.6 Å². The number of aliphatic hydroxyl groups is 8. The second kappa shape index (κ2) is 19.0. The number of aliphatic hydroxyl groups excluding tert-OH is 8. The maximum Gasteiger partial charge on any atom is 0.187 e. The highest BCUT2D eigenvalue weighted by Crippen LogP contribution is 2.31. The highest BCUT2D eigenvalue weighted by Gasteiger charge is 2.52. The molecule has 250 valence electrons. The summed E-state index contributed by atoms with van der Waals surface area (Å²) in [5, 5.41) is 80.3. The van der Waals surface area contributed by atoms with Gasteiger partial charge in [-0.1, -0.05) is 0 Å². The van der Waals surface area contributed by atoms with Gasteiger partial charge >= 0.3 is 0 Å². The fourth-order valence-electron chi connectivity index (χ4n) is 4.79. The molecular formula is C25H50NO16+. The van der Waals surface area contributed by atoms with Crippen molar-refractivity contribution in [2.75, 3.05) is 93.9 Å². The summed E-state index contributed by atoms with van der Waals surface area (Å²) in [6, 6.07) is 0. The number of ether oxygens (including phenoxy) is 8. The molecule has 17 nitrogen and oxygen atoms in total. The van der Waals surface area contributed by atoms with Gasteiger partial charge in [-0.05, 0) is 0 Å². The van der Waals surface area contributed by atoms with Crippen LogP contribution >= 0.6 is 0 Å². The maximum absolute atomic E-state index is 11.2. The highest BCUT2D eigenvalue weighted by atomic mass is 16.7. The first kappa shape index (κ1) is 37.5. The zero-order valence-electron chi connectivity index (χ0n) is 24.4. The molecule has 0 amide bonds. The van der Waals surface area contributed by atoms with Crippen molar-refractivity contribution < 1.29 is 83.2 Å². The van der Waals surface area contributed by atoms with E-state index < -0.39 is 80.9 Å². The first-order valence-electron chi connectivity index (χ1n) is 13.9. The highest BCUT2D eigenvalue weighted by molar-refractivity contribution is 4.95. The van der Waals surface area contributed by atoms with E-state index in [2.05, 4.69) is 0 Å². The minimum Gasteiger partial charge on any atom is -0.394 e. The Balaban J connectivity index is 2.10. The Morgan fingerprint density at radius 3 is 1.95 bits per heavy atom. The van der Waals surface area contributed by atoms with Crippen LogP contribution in [0.4, 0.5) is 0 Å². The Morgan fingerprint density at radius 1 is 0.714 bits per heavy atom. The fraction of sp³-hybridized carbons (Fsp3) is 1.00. The number of hydrogen-bond acceptors (Lipinski definition) is 16. The van der Waals surface area contributed by atoms with Crippen LogP contribution in [-0.4, -0.2) is 207 Å². The average Bonchev–Trinajstić information content (AvgIpc) is 2.93. The van der Waals surface area contributed by atoms with Crippen molar-refractivity contribution in [1.29, 1.82) is 0 Å². The predicted octanol–water partition coefficient (Wildman–Crippen LogP) is -5.28. The van der Waals surface area contributed by atoms with E-state index >= 15 is 0 Å². The van der Waals surface area contributed by atoms with Crippen LogP contribution in [0.5, 0.6) is 0 Å². The van der Waals surface area contributed by atoms with Crippen LogP contribution in [0.15, 0.2) is 0 Å². The first-order valence-corrected chi connectivity index (χ1v) is 13.9. The van der Waals surface area contributed by atoms with Gasteiger partial charge in [0, 0.05) is 0 Å². The third-order valence-corrected chi connectivity index (χ3v) is 6.50. The molecule has 0 spiro atoms. The maximum atomic E-state index is 11.2. The number of nitrogens with zero attached hydrogens (tertiary/aromatic N) is 1. The quantitative estimate of drug-likeness (QED) is 0.0360. The van der Waals surface area contributed by atoms with Crippen molar-refractivity contribution in [2.45, 2.75) is 67.5 Å². The van der Waals surface area contributed by atoms with E-state index in [-0.39, 0.29) is 52.9 Å². The summed E-state index contributed by atoms with van der Waals surface area (Å²) >= 11 is 0. The zero-order chi connectivity index (χ0) is 31.3. The number of quaternary nitrogens is 1. The van der Waals surface area contributed by atoms with E-state index in [1.807, 2.05) is 21.1 Å². The molecule has 2 fully saturated rings. The Hall–Kier alpha value is -0.680. The first-order chi connectivity index (χ1) is 20.0. The summed E-state index contributed by atoms with van der Waals surface area (Å²) < 4.78 is 44.9. The standard InChI is InChI=1S/C25H50NO16/c1-26(2,3)10-15(31)12-35-8-9-39-23-18(32)20(17(13-36-14-30)40-24(23)34)42-25-19(33)22(38-7-5-28)21(37-6-4-27)16(11-29)41-25/h15-25,27-34H,4-14H2,1-3H3/q+1/t15-,16+,17+,18-,19+,20+,21+,22+,23+,24+,25-/m0/s1. The van der Waals surface area contributed by atoms with Gasteiger partial charge in [-0.15, -0.1) is 0 Å². The Labute approximate surface area is 245 Å². The average molecular weight is 621 g/mol. The molecule has 0 aromatic heterocycles. The van der Waals surface area contributed by atoms with Gasteiger partial charge in [-0.3, -0.25) is 0 Å². The predicted molar refractivity (Wildman–Crippen MR) is 140 cm³/mol. The van der Waals surface area contributed by atoms with E-state index in [1.165, 1.54) is 0 Å². The van der Waals surface area contributed by atoms with Gasteiger partial charge in [0.1, 0.15) is 68.3 Å². The van der Waals surface area contributed by atoms with Crippen molar-refractivity contribution in [3.63, 3.8) is 0 Å². The van der Waals surface area contributed by atoms with Crippen LogP contribution in [0, 0.1) is 0 Å². The molecule has 8 N–H and O–H groups in total. The minimum absolute atomic E-state index is 0.0362. The van der Waals surface area contributed by atoms with E-state index in [0.717, 1.165) is 0 Å². The minimum atomic E-state index is -1.63. The summed E-state index contributed by atoms with van der Waals surface area (Å²) in [5.41, 5.74) is 0. The topological polar surface area (TPSA) is 236 Å². The molecule has 42 heavy (non-hydrogen) atoms. The van der Waals surface area contributed by atoms with Crippen LogP contribution in [0.3, 0.4) is 0 Å². The summed E-state index contributed by atoms with van der Waals surface area (Å²) in [5.74, 6) is 0. The Morgan fingerprint density at radius 2 is 1.36 bits per heavy atom. The van der Waals surface area contributed by atoms with Crippen molar-refractivity contribution in [3.8, 4) is 0 Å². The van der Waals surface area contributed by atoms with Crippen LogP contribution < -0.4 is 0 Å². The number of rotatable bonds is 20. The lowest BCUT2D eigenvalue weighted by Gasteiger charge is -2.47. The summed E-state index contributed by atoms with van der Waals surface area (Å²) in [6.07, 6.45) is -14.1. The van der Waals surface area contributed by atoms with Crippen molar-refractivity contribution >= 4 is 0 Å². The molecule has 11 atom stereocenters. The van der Waals surface area contributed by atoms with Crippen LogP contribution in [0.1, 0.15) is 0 Å². The van der Waals surface area contributed by atoms with Gasteiger partial charge in [0.05, 0.1) is 80.6 Å². The molecule has 17 heteroatoms. The van der Waals surface area contributed by atoms with Gasteiger partial charge in [0.25, 0.3) is 0 Å².